The second kappa shape index (κ2) is 5.95. The van der Waals surface area contributed by atoms with Gasteiger partial charge in [0.15, 0.2) is 0 Å². The van der Waals surface area contributed by atoms with Crippen molar-refractivity contribution in [2.24, 2.45) is 17.8 Å². The maximum Gasteiger partial charge on any atom is 0.237 e. The van der Waals surface area contributed by atoms with Crippen LogP contribution in [-0.2, 0) is 9.59 Å². The third kappa shape index (κ3) is 3.07. The highest BCUT2D eigenvalue weighted by Gasteiger charge is 2.42. The number of nitrogens with zero attached hydrogens (tertiary/aromatic N) is 1. The van der Waals surface area contributed by atoms with Crippen LogP contribution < -0.4 is 10.6 Å². The van der Waals surface area contributed by atoms with Crippen molar-refractivity contribution in [3.8, 4) is 0 Å². The summed E-state index contributed by atoms with van der Waals surface area (Å²) in [5, 5.41) is 6.00. The Morgan fingerprint density at radius 3 is 2.76 bits per heavy atom. The fraction of sp³-hybridized carbons (Fsp3) is 0.875. The lowest BCUT2D eigenvalue weighted by Gasteiger charge is -2.34. The Kier molecular flexibility index (Phi) is 4.20. The summed E-state index contributed by atoms with van der Waals surface area (Å²) in [4.78, 5) is 25.8. The monoisotopic (exact) mass is 293 g/mol. The van der Waals surface area contributed by atoms with Gasteiger partial charge in [0.2, 0.25) is 11.8 Å². The van der Waals surface area contributed by atoms with E-state index >= 15 is 0 Å². The van der Waals surface area contributed by atoms with Gasteiger partial charge in [-0.25, -0.2) is 0 Å². The first-order chi connectivity index (χ1) is 10.0. The number of carbonyl (C=O) groups is 2. The molecule has 5 atom stereocenters. The Morgan fingerprint density at radius 2 is 2.14 bits per heavy atom. The molecule has 2 saturated carbocycles. The molecule has 3 aliphatic rings. The van der Waals surface area contributed by atoms with Gasteiger partial charge in [0.05, 0.1) is 12.6 Å². The predicted octanol–water partition coefficient (Wildman–Crippen LogP) is 0.748. The van der Waals surface area contributed by atoms with Crippen molar-refractivity contribution < 1.29 is 9.59 Å². The summed E-state index contributed by atoms with van der Waals surface area (Å²) in [6.07, 6.45) is 5.39. The first-order valence-electron chi connectivity index (χ1n) is 8.35. The van der Waals surface area contributed by atoms with E-state index in [1.165, 1.54) is 25.7 Å². The number of fused-ring (bicyclic) bond motifs is 2. The van der Waals surface area contributed by atoms with Crippen molar-refractivity contribution in [1.82, 2.24) is 15.5 Å². The molecule has 5 heteroatoms. The standard InChI is InChI=1S/C16H27N3O2/c1-10(14-8-12-3-4-13(14)7-12)18-16(21)11(2)19-6-5-17-15(20)9-19/h10-14H,3-9H2,1-2H3,(H,17,20)(H,18,21)/t10-,11+,12-,13-,14-/m0/s1. The second-order valence-electron chi connectivity index (χ2n) is 7.13. The van der Waals surface area contributed by atoms with E-state index in [0.717, 1.165) is 18.4 Å². The summed E-state index contributed by atoms with van der Waals surface area (Å²) in [6.45, 7) is 5.78. The summed E-state index contributed by atoms with van der Waals surface area (Å²) < 4.78 is 0. The molecule has 0 aromatic carbocycles. The number of hydrogen-bond donors (Lipinski definition) is 2. The van der Waals surface area contributed by atoms with Crippen LogP contribution >= 0.6 is 0 Å². The Morgan fingerprint density at radius 1 is 1.33 bits per heavy atom. The average Bonchev–Trinajstić information content (AvgIpc) is 3.09. The third-order valence-electron chi connectivity index (χ3n) is 5.80. The second-order valence-corrected chi connectivity index (χ2v) is 7.13. The van der Waals surface area contributed by atoms with Gasteiger partial charge in [-0.15, -0.1) is 0 Å². The van der Waals surface area contributed by atoms with Crippen LogP contribution in [0.5, 0.6) is 0 Å². The van der Waals surface area contributed by atoms with Crippen LogP contribution in [0.3, 0.4) is 0 Å². The molecule has 1 heterocycles. The first kappa shape index (κ1) is 14.8. The number of hydrogen-bond acceptors (Lipinski definition) is 3. The van der Waals surface area contributed by atoms with Gasteiger partial charge in [0.25, 0.3) is 0 Å². The maximum atomic E-state index is 12.4. The fourth-order valence-corrected chi connectivity index (χ4v) is 4.51. The van der Waals surface area contributed by atoms with Crippen molar-refractivity contribution in [3.05, 3.63) is 0 Å². The van der Waals surface area contributed by atoms with Gasteiger partial charge in [-0.2, -0.15) is 0 Å². The molecule has 21 heavy (non-hydrogen) atoms. The van der Waals surface area contributed by atoms with Crippen LogP contribution in [0.2, 0.25) is 0 Å². The molecular weight excluding hydrogens is 266 g/mol. The minimum absolute atomic E-state index is 0.0158. The topological polar surface area (TPSA) is 61.4 Å². The SMILES string of the molecule is C[C@H](NC(=O)[C@@H](C)N1CCNC(=O)C1)[C@@H]1C[C@H]2CC[C@H]1C2. The van der Waals surface area contributed by atoms with Crippen LogP contribution in [-0.4, -0.2) is 48.4 Å². The van der Waals surface area contributed by atoms with Gasteiger partial charge < -0.3 is 10.6 Å². The zero-order chi connectivity index (χ0) is 15.0. The summed E-state index contributed by atoms with van der Waals surface area (Å²) in [7, 11) is 0. The largest absolute Gasteiger partial charge is 0.354 e. The van der Waals surface area contributed by atoms with Crippen LogP contribution in [0.15, 0.2) is 0 Å². The number of piperazine rings is 1. The molecule has 2 aliphatic carbocycles. The van der Waals surface area contributed by atoms with Gasteiger partial charge in [0.1, 0.15) is 0 Å². The molecule has 0 radical (unpaired) electrons. The van der Waals surface area contributed by atoms with Gasteiger partial charge in [-0.1, -0.05) is 6.42 Å². The molecule has 0 aromatic heterocycles. The van der Waals surface area contributed by atoms with Gasteiger partial charge in [-0.3, -0.25) is 14.5 Å². The van der Waals surface area contributed by atoms with Gasteiger partial charge in [0, 0.05) is 19.1 Å². The lowest BCUT2D eigenvalue weighted by Crippen LogP contribution is -2.56. The van der Waals surface area contributed by atoms with E-state index in [1.54, 1.807) is 0 Å². The smallest absolute Gasteiger partial charge is 0.237 e. The summed E-state index contributed by atoms with van der Waals surface area (Å²) in [6, 6.07) is 0.0333. The lowest BCUT2D eigenvalue weighted by molar-refractivity contribution is -0.130. The molecule has 0 unspecified atom stereocenters. The van der Waals surface area contributed by atoms with E-state index in [9.17, 15) is 9.59 Å². The van der Waals surface area contributed by atoms with Crippen molar-refractivity contribution in [2.45, 2.75) is 51.6 Å². The summed E-state index contributed by atoms with van der Waals surface area (Å²) in [5.74, 6) is 2.47. The summed E-state index contributed by atoms with van der Waals surface area (Å²) >= 11 is 0. The van der Waals surface area contributed by atoms with E-state index in [4.69, 9.17) is 0 Å². The number of nitrogens with one attached hydrogen (secondary N) is 2. The highest BCUT2D eigenvalue weighted by molar-refractivity contribution is 5.84. The van der Waals surface area contributed by atoms with E-state index in [-0.39, 0.29) is 23.9 Å². The lowest BCUT2D eigenvalue weighted by atomic mass is 9.84. The number of rotatable bonds is 4. The fourth-order valence-electron chi connectivity index (χ4n) is 4.51. The predicted molar refractivity (Wildman–Crippen MR) is 80.6 cm³/mol. The molecule has 3 rings (SSSR count). The molecule has 118 valence electrons. The molecular formula is C16H27N3O2. The van der Waals surface area contributed by atoms with E-state index in [0.29, 0.717) is 19.0 Å². The highest BCUT2D eigenvalue weighted by Crippen LogP contribution is 2.49. The Balaban J connectivity index is 1.52. The molecule has 1 saturated heterocycles. The van der Waals surface area contributed by atoms with E-state index < -0.39 is 0 Å². The number of amides is 2. The molecule has 5 nitrogen and oxygen atoms in total. The Bertz CT molecular complexity index is 426. The van der Waals surface area contributed by atoms with Crippen LogP contribution in [0.25, 0.3) is 0 Å². The Hall–Kier alpha value is -1.10. The van der Waals surface area contributed by atoms with Crippen LogP contribution in [0.1, 0.15) is 39.5 Å². The van der Waals surface area contributed by atoms with E-state index in [1.807, 2.05) is 11.8 Å². The highest BCUT2D eigenvalue weighted by atomic mass is 16.2. The van der Waals surface area contributed by atoms with Crippen LogP contribution in [0, 0.1) is 17.8 Å². The molecule has 3 fully saturated rings. The van der Waals surface area contributed by atoms with Crippen LogP contribution in [0.4, 0.5) is 0 Å². The normalized spacial score (nSPS) is 35.3. The minimum Gasteiger partial charge on any atom is -0.354 e. The molecule has 2 N–H and O–H groups in total. The quantitative estimate of drug-likeness (QED) is 0.804. The van der Waals surface area contributed by atoms with Crippen molar-refractivity contribution >= 4 is 11.8 Å². The molecule has 1 aliphatic heterocycles. The molecule has 2 bridgehead atoms. The van der Waals surface area contributed by atoms with Crippen molar-refractivity contribution in [1.29, 1.82) is 0 Å². The molecule has 0 aromatic rings. The average molecular weight is 293 g/mol. The molecule has 2 amide bonds. The van der Waals surface area contributed by atoms with Crippen molar-refractivity contribution in [3.63, 3.8) is 0 Å². The first-order valence-corrected chi connectivity index (χ1v) is 8.35. The zero-order valence-corrected chi connectivity index (χ0v) is 13.1. The molecule has 0 spiro atoms. The van der Waals surface area contributed by atoms with Gasteiger partial charge >= 0.3 is 0 Å². The zero-order valence-electron chi connectivity index (χ0n) is 13.1. The maximum absolute atomic E-state index is 12.4. The number of carbonyl (C=O) groups excluding carboxylic acids is 2. The Labute approximate surface area is 126 Å². The summed E-state index contributed by atoms with van der Waals surface area (Å²) in [5.41, 5.74) is 0. The van der Waals surface area contributed by atoms with Gasteiger partial charge in [-0.05, 0) is 50.9 Å². The van der Waals surface area contributed by atoms with E-state index in [2.05, 4.69) is 17.6 Å². The minimum atomic E-state index is -0.225. The van der Waals surface area contributed by atoms with Crippen molar-refractivity contribution in [2.75, 3.05) is 19.6 Å². The third-order valence-corrected chi connectivity index (χ3v) is 5.80.